The molecule has 4 nitrogen and oxygen atoms in total. The number of aliphatic carboxylic acids is 1. The van der Waals surface area contributed by atoms with Gasteiger partial charge in [-0.05, 0) is 31.8 Å². The molecule has 0 aliphatic rings. The van der Waals surface area contributed by atoms with Gasteiger partial charge in [0, 0.05) is 12.8 Å². The Morgan fingerprint density at radius 3 is 2.15 bits per heavy atom. The number of carboxylic acids is 1. The van der Waals surface area contributed by atoms with Gasteiger partial charge in [0.15, 0.2) is 0 Å². The van der Waals surface area contributed by atoms with Crippen LogP contribution in [0, 0.1) is 0 Å². The fraction of sp³-hybridized carbons (Fsp3) is 0.750. The first-order valence-electron chi connectivity index (χ1n) is 7.73. The van der Waals surface area contributed by atoms with Crippen LogP contribution >= 0.6 is 0 Å². The summed E-state index contributed by atoms with van der Waals surface area (Å²) in [6.07, 6.45) is 13.0. The van der Waals surface area contributed by atoms with Crippen LogP contribution in [-0.2, 0) is 14.3 Å². The fourth-order valence-corrected chi connectivity index (χ4v) is 1.83. The maximum Gasteiger partial charge on any atom is 0.310 e. The first-order chi connectivity index (χ1) is 9.66. The van der Waals surface area contributed by atoms with E-state index >= 15 is 0 Å². The average Bonchev–Trinajstić information content (AvgIpc) is 2.41. The first-order valence-corrected chi connectivity index (χ1v) is 7.73. The quantitative estimate of drug-likeness (QED) is 0.308. The zero-order valence-corrected chi connectivity index (χ0v) is 12.6. The predicted octanol–water partition coefficient (Wildman–Crippen LogP) is 4.44. The van der Waals surface area contributed by atoms with E-state index in [4.69, 9.17) is 9.84 Å². The summed E-state index contributed by atoms with van der Waals surface area (Å²) in [4.78, 5) is 21.6. The SMILES string of the molecule is CCCCC=COC(=O)CCCCCCCCC(=O)O. The molecule has 116 valence electrons. The number of hydrogen-bond donors (Lipinski definition) is 1. The van der Waals surface area contributed by atoms with Gasteiger partial charge < -0.3 is 9.84 Å². The summed E-state index contributed by atoms with van der Waals surface area (Å²) in [5.74, 6) is -0.886. The minimum atomic E-state index is -0.722. The number of carbonyl (C=O) groups is 2. The van der Waals surface area contributed by atoms with E-state index in [1.165, 1.54) is 6.26 Å². The highest BCUT2D eigenvalue weighted by Gasteiger charge is 2.01. The van der Waals surface area contributed by atoms with Gasteiger partial charge in [0.1, 0.15) is 0 Å². The lowest BCUT2D eigenvalue weighted by atomic mass is 10.1. The van der Waals surface area contributed by atoms with E-state index in [2.05, 4.69) is 6.92 Å². The predicted molar refractivity (Wildman–Crippen MR) is 79.3 cm³/mol. The molecular weight excluding hydrogens is 256 g/mol. The van der Waals surface area contributed by atoms with Gasteiger partial charge in [-0.15, -0.1) is 0 Å². The molecule has 0 fully saturated rings. The van der Waals surface area contributed by atoms with E-state index in [0.717, 1.165) is 57.8 Å². The van der Waals surface area contributed by atoms with Crippen molar-refractivity contribution in [2.24, 2.45) is 0 Å². The highest BCUT2D eigenvalue weighted by atomic mass is 16.5. The Kier molecular flexibility index (Phi) is 13.2. The van der Waals surface area contributed by atoms with Crippen molar-refractivity contribution in [3.63, 3.8) is 0 Å². The molecule has 0 amide bonds. The van der Waals surface area contributed by atoms with Crippen LogP contribution in [0.3, 0.4) is 0 Å². The Labute approximate surface area is 122 Å². The van der Waals surface area contributed by atoms with E-state index in [1.54, 1.807) is 0 Å². The van der Waals surface area contributed by atoms with Crippen LogP contribution in [0.25, 0.3) is 0 Å². The summed E-state index contributed by atoms with van der Waals surface area (Å²) in [5, 5.41) is 8.48. The van der Waals surface area contributed by atoms with Crippen molar-refractivity contribution in [1.82, 2.24) is 0 Å². The first kappa shape index (κ1) is 18.7. The van der Waals surface area contributed by atoms with Crippen molar-refractivity contribution in [2.75, 3.05) is 0 Å². The van der Waals surface area contributed by atoms with Crippen LogP contribution in [-0.4, -0.2) is 17.0 Å². The lowest BCUT2D eigenvalue weighted by molar-refractivity contribution is -0.138. The Balaban J connectivity index is 3.27. The van der Waals surface area contributed by atoms with Crippen LogP contribution < -0.4 is 0 Å². The summed E-state index contributed by atoms with van der Waals surface area (Å²) in [7, 11) is 0. The number of carboxylic acid groups (broad SMARTS) is 1. The molecule has 0 rings (SSSR count). The Bertz CT molecular complexity index is 284. The molecular formula is C16H28O4. The molecule has 0 bridgehead atoms. The average molecular weight is 284 g/mol. The lowest BCUT2D eigenvalue weighted by Crippen LogP contribution is -1.99. The van der Waals surface area contributed by atoms with Crippen LogP contribution in [0.1, 0.15) is 77.6 Å². The van der Waals surface area contributed by atoms with Gasteiger partial charge >= 0.3 is 11.9 Å². The number of carbonyl (C=O) groups excluding carboxylic acids is 1. The molecule has 20 heavy (non-hydrogen) atoms. The van der Waals surface area contributed by atoms with Crippen molar-refractivity contribution in [2.45, 2.75) is 77.6 Å². The van der Waals surface area contributed by atoms with Crippen molar-refractivity contribution in [3.8, 4) is 0 Å². The molecule has 0 aromatic carbocycles. The molecule has 1 N–H and O–H groups in total. The standard InChI is InChI=1S/C16H28O4/c1-2-3-4-11-14-20-16(19)13-10-8-6-5-7-9-12-15(17)18/h11,14H,2-10,12-13H2,1H3,(H,17,18). The maximum absolute atomic E-state index is 11.3. The van der Waals surface area contributed by atoms with Crippen molar-refractivity contribution < 1.29 is 19.4 Å². The molecule has 0 saturated heterocycles. The molecule has 0 atom stereocenters. The lowest BCUT2D eigenvalue weighted by Gasteiger charge is -2.01. The highest BCUT2D eigenvalue weighted by molar-refractivity contribution is 5.69. The molecule has 0 aliphatic carbocycles. The molecule has 0 spiro atoms. The highest BCUT2D eigenvalue weighted by Crippen LogP contribution is 2.09. The Morgan fingerprint density at radius 2 is 1.55 bits per heavy atom. The molecule has 0 saturated carbocycles. The summed E-state index contributed by atoms with van der Waals surface area (Å²) in [5.41, 5.74) is 0. The van der Waals surface area contributed by atoms with Crippen molar-refractivity contribution >= 4 is 11.9 Å². The number of ether oxygens (including phenoxy) is 1. The van der Waals surface area contributed by atoms with E-state index in [-0.39, 0.29) is 12.4 Å². The topological polar surface area (TPSA) is 63.6 Å². The fourth-order valence-electron chi connectivity index (χ4n) is 1.83. The van der Waals surface area contributed by atoms with Crippen molar-refractivity contribution in [3.05, 3.63) is 12.3 Å². The largest absolute Gasteiger partial charge is 0.481 e. The van der Waals surface area contributed by atoms with Crippen LogP contribution in [0.15, 0.2) is 12.3 Å². The zero-order valence-electron chi connectivity index (χ0n) is 12.6. The second-order valence-corrected chi connectivity index (χ2v) is 5.02. The van der Waals surface area contributed by atoms with Crippen LogP contribution in [0.4, 0.5) is 0 Å². The number of rotatable bonds is 13. The third-order valence-corrected chi connectivity index (χ3v) is 3.04. The second-order valence-electron chi connectivity index (χ2n) is 5.02. The molecule has 0 heterocycles. The van der Waals surface area contributed by atoms with Crippen molar-refractivity contribution in [1.29, 1.82) is 0 Å². The minimum Gasteiger partial charge on any atom is -0.481 e. The van der Waals surface area contributed by atoms with Gasteiger partial charge in [0.2, 0.25) is 0 Å². The molecule has 0 aromatic rings. The molecule has 0 aliphatic heterocycles. The maximum atomic E-state index is 11.3. The van der Waals surface area contributed by atoms with Gasteiger partial charge in [-0.25, -0.2) is 0 Å². The number of esters is 1. The van der Waals surface area contributed by atoms with E-state index in [0.29, 0.717) is 6.42 Å². The Hall–Kier alpha value is -1.32. The van der Waals surface area contributed by atoms with E-state index < -0.39 is 5.97 Å². The van der Waals surface area contributed by atoms with Crippen LogP contribution in [0.5, 0.6) is 0 Å². The molecule has 0 aromatic heterocycles. The number of allylic oxidation sites excluding steroid dienone is 1. The minimum absolute atomic E-state index is 0.163. The third kappa shape index (κ3) is 14.7. The molecule has 0 radical (unpaired) electrons. The Morgan fingerprint density at radius 1 is 0.950 bits per heavy atom. The van der Waals surface area contributed by atoms with Gasteiger partial charge in [0.05, 0.1) is 6.26 Å². The third-order valence-electron chi connectivity index (χ3n) is 3.04. The normalized spacial score (nSPS) is 10.8. The number of hydrogen-bond acceptors (Lipinski definition) is 3. The molecule has 4 heteroatoms. The van der Waals surface area contributed by atoms with Crippen LogP contribution in [0.2, 0.25) is 0 Å². The van der Waals surface area contributed by atoms with Gasteiger partial charge in [-0.1, -0.05) is 39.0 Å². The summed E-state index contributed by atoms with van der Waals surface area (Å²) >= 11 is 0. The number of unbranched alkanes of at least 4 members (excludes halogenated alkanes) is 7. The van der Waals surface area contributed by atoms with E-state index in [9.17, 15) is 9.59 Å². The van der Waals surface area contributed by atoms with E-state index in [1.807, 2.05) is 6.08 Å². The van der Waals surface area contributed by atoms with Gasteiger partial charge in [0.25, 0.3) is 0 Å². The second kappa shape index (κ2) is 14.1. The molecule has 0 unspecified atom stereocenters. The summed E-state index contributed by atoms with van der Waals surface area (Å²) in [6, 6.07) is 0. The summed E-state index contributed by atoms with van der Waals surface area (Å²) in [6.45, 7) is 2.13. The summed E-state index contributed by atoms with van der Waals surface area (Å²) < 4.78 is 4.98. The van der Waals surface area contributed by atoms with Gasteiger partial charge in [-0.2, -0.15) is 0 Å². The smallest absolute Gasteiger partial charge is 0.310 e. The monoisotopic (exact) mass is 284 g/mol. The van der Waals surface area contributed by atoms with Gasteiger partial charge in [-0.3, -0.25) is 9.59 Å². The zero-order chi connectivity index (χ0) is 15.1.